The van der Waals surface area contributed by atoms with E-state index < -0.39 is 4.92 Å². The molecular weight excluding hydrogens is 352 g/mol. The lowest BCUT2D eigenvalue weighted by atomic mass is 10.0. The molecule has 0 spiro atoms. The second-order valence-electron chi connectivity index (χ2n) is 5.95. The first-order valence-corrected chi connectivity index (χ1v) is 8.25. The highest BCUT2D eigenvalue weighted by Crippen LogP contribution is 2.35. The number of phenols is 1. The van der Waals surface area contributed by atoms with E-state index in [1.165, 1.54) is 12.1 Å². The van der Waals surface area contributed by atoms with Crippen LogP contribution in [-0.2, 0) is 0 Å². The second kappa shape index (κ2) is 6.20. The molecule has 0 bridgehead atoms. The van der Waals surface area contributed by atoms with E-state index in [9.17, 15) is 15.2 Å². The lowest BCUT2D eigenvalue weighted by Gasteiger charge is -2.07. The molecule has 2 N–H and O–H groups in total. The fourth-order valence-corrected chi connectivity index (χ4v) is 3.16. The summed E-state index contributed by atoms with van der Waals surface area (Å²) < 4.78 is 0. The van der Waals surface area contributed by atoms with Gasteiger partial charge < -0.3 is 10.1 Å². The van der Waals surface area contributed by atoms with Gasteiger partial charge in [0.25, 0.3) is 5.69 Å². The zero-order valence-corrected chi connectivity index (χ0v) is 14.2. The molecule has 1 aromatic heterocycles. The lowest BCUT2D eigenvalue weighted by molar-refractivity contribution is -0.384. The molecule has 5 nitrogen and oxygen atoms in total. The van der Waals surface area contributed by atoms with E-state index in [2.05, 4.69) is 4.98 Å². The minimum atomic E-state index is -0.424. The van der Waals surface area contributed by atoms with Crippen LogP contribution in [0.4, 0.5) is 5.69 Å². The summed E-state index contributed by atoms with van der Waals surface area (Å²) in [6.45, 7) is 0. The molecule has 26 heavy (non-hydrogen) atoms. The first kappa shape index (κ1) is 16.2. The molecule has 0 radical (unpaired) electrons. The van der Waals surface area contributed by atoms with E-state index in [0.717, 1.165) is 22.2 Å². The predicted molar refractivity (Wildman–Crippen MR) is 102 cm³/mol. The van der Waals surface area contributed by atoms with Crippen LogP contribution < -0.4 is 0 Å². The van der Waals surface area contributed by atoms with E-state index in [4.69, 9.17) is 11.6 Å². The molecule has 0 aliphatic carbocycles. The maximum Gasteiger partial charge on any atom is 0.270 e. The fourth-order valence-electron chi connectivity index (χ4n) is 2.98. The average molecular weight is 365 g/mol. The molecule has 0 amide bonds. The number of hydrogen-bond acceptors (Lipinski definition) is 3. The van der Waals surface area contributed by atoms with Gasteiger partial charge in [-0.25, -0.2) is 0 Å². The van der Waals surface area contributed by atoms with Crippen LogP contribution in [0.2, 0.25) is 5.02 Å². The van der Waals surface area contributed by atoms with E-state index in [0.29, 0.717) is 16.1 Å². The topological polar surface area (TPSA) is 79.2 Å². The molecule has 0 aliphatic rings. The Hall–Kier alpha value is -3.31. The van der Waals surface area contributed by atoms with Gasteiger partial charge in [-0.05, 0) is 47.5 Å². The van der Waals surface area contributed by atoms with E-state index in [1.54, 1.807) is 36.4 Å². The lowest BCUT2D eigenvalue weighted by Crippen LogP contribution is -1.88. The normalized spacial score (nSPS) is 11.0. The maximum absolute atomic E-state index is 11.0. The number of H-pyrrole nitrogens is 1. The quantitative estimate of drug-likeness (QED) is 0.358. The van der Waals surface area contributed by atoms with Crippen LogP contribution in [0.3, 0.4) is 0 Å². The van der Waals surface area contributed by atoms with Gasteiger partial charge >= 0.3 is 0 Å². The van der Waals surface area contributed by atoms with Crippen molar-refractivity contribution in [2.24, 2.45) is 0 Å². The highest BCUT2D eigenvalue weighted by Gasteiger charge is 2.12. The smallest absolute Gasteiger partial charge is 0.270 e. The Kier molecular flexibility index (Phi) is 3.86. The van der Waals surface area contributed by atoms with Gasteiger partial charge in [0.05, 0.1) is 10.6 Å². The number of non-ortho nitro benzene ring substituents is 1. The number of nitro benzene ring substituents is 1. The summed E-state index contributed by atoms with van der Waals surface area (Å²) in [7, 11) is 0. The summed E-state index contributed by atoms with van der Waals surface area (Å²) in [6.07, 6.45) is 0. The Morgan fingerprint density at radius 3 is 2.58 bits per heavy atom. The number of aromatic nitrogens is 1. The summed E-state index contributed by atoms with van der Waals surface area (Å²) in [4.78, 5) is 13.8. The van der Waals surface area contributed by atoms with Crippen LogP contribution in [0.5, 0.6) is 5.75 Å². The Morgan fingerprint density at radius 1 is 0.962 bits per heavy atom. The molecule has 0 fully saturated rings. The SMILES string of the molecule is O=[N+]([O-])c1cccc(-c2ccc(O)c(-c3cc4cc(Cl)ccc4[nH]3)c2)c1. The Bertz CT molecular complexity index is 1150. The molecule has 0 saturated heterocycles. The average Bonchev–Trinajstić information content (AvgIpc) is 3.05. The highest BCUT2D eigenvalue weighted by molar-refractivity contribution is 6.31. The molecular formula is C20H13ClN2O3. The molecule has 4 rings (SSSR count). The van der Waals surface area contributed by atoms with Gasteiger partial charge in [-0.15, -0.1) is 0 Å². The summed E-state index contributed by atoms with van der Waals surface area (Å²) in [5.74, 6) is 0.122. The zero-order valence-electron chi connectivity index (χ0n) is 13.4. The number of phenolic OH excluding ortho intramolecular Hbond substituents is 1. The van der Waals surface area contributed by atoms with Crippen molar-refractivity contribution < 1.29 is 10.0 Å². The third-order valence-electron chi connectivity index (χ3n) is 4.26. The monoisotopic (exact) mass is 364 g/mol. The number of fused-ring (bicyclic) bond motifs is 1. The van der Waals surface area contributed by atoms with Crippen molar-refractivity contribution in [1.29, 1.82) is 0 Å². The van der Waals surface area contributed by atoms with Gasteiger partial charge in [0.2, 0.25) is 0 Å². The first-order valence-electron chi connectivity index (χ1n) is 7.88. The number of halogens is 1. The molecule has 0 unspecified atom stereocenters. The van der Waals surface area contributed by atoms with E-state index >= 15 is 0 Å². The summed E-state index contributed by atoms with van der Waals surface area (Å²) >= 11 is 6.03. The number of nitrogens with zero attached hydrogens (tertiary/aromatic N) is 1. The number of aromatic hydroxyl groups is 1. The van der Waals surface area contributed by atoms with Gasteiger partial charge in [0.1, 0.15) is 5.75 Å². The molecule has 0 atom stereocenters. The van der Waals surface area contributed by atoms with Crippen molar-refractivity contribution >= 4 is 28.2 Å². The Balaban J connectivity index is 1.83. The van der Waals surface area contributed by atoms with E-state index in [-0.39, 0.29) is 11.4 Å². The summed E-state index contributed by atoms with van der Waals surface area (Å²) in [5, 5.41) is 22.9. The van der Waals surface area contributed by atoms with Crippen molar-refractivity contribution in [3.8, 4) is 28.1 Å². The highest BCUT2D eigenvalue weighted by atomic mass is 35.5. The van der Waals surface area contributed by atoms with Crippen molar-refractivity contribution in [1.82, 2.24) is 4.98 Å². The van der Waals surface area contributed by atoms with Crippen LogP contribution in [0.15, 0.2) is 66.7 Å². The first-order chi connectivity index (χ1) is 12.5. The number of rotatable bonds is 3. The fraction of sp³-hybridized carbons (Fsp3) is 0. The van der Waals surface area contributed by atoms with Crippen molar-refractivity contribution in [3.63, 3.8) is 0 Å². The minimum Gasteiger partial charge on any atom is -0.507 e. The molecule has 0 aliphatic heterocycles. The summed E-state index contributed by atoms with van der Waals surface area (Å²) in [5.41, 5.74) is 3.77. The van der Waals surface area contributed by atoms with Gasteiger partial charge in [-0.1, -0.05) is 29.8 Å². The number of aromatic amines is 1. The van der Waals surface area contributed by atoms with Crippen molar-refractivity contribution in [2.45, 2.75) is 0 Å². The Labute approximate surface area is 153 Å². The maximum atomic E-state index is 11.0. The minimum absolute atomic E-state index is 0.0254. The van der Waals surface area contributed by atoms with Crippen LogP contribution in [0.1, 0.15) is 0 Å². The Morgan fingerprint density at radius 2 is 1.77 bits per heavy atom. The van der Waals surface area contributed by atoms with Gasteiger partial charge in [-0.2, -0.15) is 0 Å². The number of nitro groups is 1. The largest absolute Gasteiger partial charge is 0.507 e. The molecule has 128 valence electrons. The zero-order chi connectivity index (χ0) is 18.3. The van der Waals surface area contributed by atoms with Gasteiger partial charge in [-0.3, -0.25) is 10.1 Å². The standard InChI is InChI=1S/C20H13ClN2O3/c21-15-5-6-18-14(8-15)11-19(22-18)17-10-13(4-7-20(17)24)12-2-1-3-16(9-12)23(25)26/h1-11,22,24H. The third kappa shape index (κ3) is 2.89. The third-order valence-corrected chi connectivity index (χ3v) is 4.49. The molecule has 0 saturated carbocycles. The van der Waals surface area contributed by atoms with Crippen molar-refractivity contribution in [2.75, 3.05) is 0 Å². The van der Waals surface area contributed by atoms with Crippen LogP contribution >= 0.6 is 11.6 Å². The second-order valence-corrected chi connectivity index (χ2v) is 6.39. The molecule has 1 heterocycles. The van der Waals surface area contributed by atoms with Crippen LogP contribution in [0, 0.1) is 10.1 Å². The summed E-state index contributed by atoms with van der Waals surface area (Å²) in [6, 6.07) is 19.0. The molecule has 4 aromatic rings. The number of benzene rings is 3. The van der Waals surface area contributed by atoms with E-state index in [1.807, 2.05) is 18.2 Å². The molecule has 6 heteroatoms. The number of nitrogens with one attached hydrogen (secondary N) is 1. The molecule has 3 aromatic carbocycles. The van der Waals surface area contributed by atoms with Crippen LogP contribution in [0.25, 0.3) is 33.3 Å². The predicted octanol–water partition coefficient (Wildman–Crippen LogP) is 5.77. The van der Waals surface area contributed by atoms with Gasteiger partial charge in [0.15, 0.2) is 0 Å². The van der Waals surface area contributed by atoms with Crippen LogP contribution in [-0.4, -0.2) is 15.0 Å². The number of hydrogen-bond donors (Lipinski definition) is 2. The van der Waals surface area contributed by atoms with Gasteiger partial charge in [0, 0.05) is 33.6 Å². The van der Waals surface area contributed by atoms with Crippen molar-refractivity contribution in [3.05, 3.63) is 81.9 Å².